The molecule has 0 radical (unpaired) electrons. The number of rotatable bonds is 2. The van der Waals surface area contributed by atoms with Crippen LogP contribution in [-0.2, 0) is 0 Å². The van der Waals surface area contributed by atoms with Gasteiger partial charge < -0.3 is 0 Å². The molecule has 9 rings (SSSR count). The summed E-state index contributed by atoms with van der Waals surface area (Å²) in [5.74, 6) is 3.61. The molecule has 3 heterocycles. The molecule has 0 spiro atoms. The fourth-order valence-corrected chi connectivity index (χ4v) is 12.7. The Morgan fingerprint density at radius 3 is 1.98 bits per heavy atom. The maximum absolute atomic E-state index is 6.73. The molecular weight excluding hydrogens is 602 g/mol. The quantitative estimate of drug-likeness (QED) is 0.147. The molecule has 0 fully saturated rings. The fourth-order valence-electron chi connectivity index (χ4n) is 6.41. The van der Waals surface area contributed by atoms with Crippen molar-refractivity contribution in [3.63, 3.8) is 0 Å². The van der Waals surface area contributed by atoms with Gasteiger partial charge in [0.1, 0.15) is 0 Å². The molecule has 0 aliphatic carbocycles. The van der Waals surface area contributed by atoms with Gasteiger partial charge in [0, 0.05) is 0 Å². The van der Waals surface area contributed by atoms with Crippen LogP contribution < -0.4 is 25.9 Å². The van der Waals surface area contributed by atoms with Crippen LogP contribution in [0.25, 0.3) is 22.3 Å². The minimum absolute atomic E-state index is 0.0748. The Hall–Kier alpha value is -4.29. The second-order valence-corrected chi connectivity index (χ2v) is 15.5. The molecule has 0 bridgehead atoms. The summed E-state index contributed by atoms with van der Waals surface area (Å²) in [6, 6.07) is 48.2. The predicted molar refractivity (Wildman–Crippen MR) is 172 cm³/mol. The number of fused-ring (bicyclic) bond motifs is 7. The molecule has 0 unspecified atom stereocenters. The second-order valence-electron chi connectivity index (χ2n) is 10.3. The Kier molecular flexibility index (Phi) is 4.85. The zero-order chi connectivity index (χ0) is 26.2. The van der Waals surface area contributed by atoms with E-state index in [4.69, 9.17) is 9.47 Å². The van der Waals surface area contributed by atoms with Crippen LogP contribution >= 0.6 is 19.8 Å². The van der Waals surface area contributed by atoms with Crippen molar-refractivity contribution in [2.24, 2.45) is 0 Å². The van der Waals surface area contributed by atoms with Gasteiger partial charge in [0.2, 0.25) is 0 Å². The summed E-state index contributed by atoms with van der Waals surface area (Å²) in [4.78, 5) is 0. The molecule has 2 nitrogen and oxygen atoms in total. The first kappa shape index (κ1) is 22.5. The molecular formula is C36H22BIO2. The first-order chi connectivity index (χ1) is 19.8. The van der Waals surface area contributed by atoms with Gasteiger partial charge in [0.05, 0.1) is 0 Å². The van der Waals surface area contributed by atoms with Crippen LogP contribution in [0.4, 0.5) is 0 Å². The van der Waals surface area contributed by atoms with Gasteiger partial charge in [-0.1, -0.05) is 0 Å². The van der Waals surface area contributed by atoms with Crippen molar-refractivity contribution in [3.8, 4) is 45.3 Å². The monoisotopic (exact) mass is 624 g/mol. The van der Waals surface area contributed by atoms with Crippen LogP contribution in [0.1, 0.15) is 0 Å². The Bertz CT molecular complexity index is 1970. The minimum atomic E-state index is -1.75. The van der Waals surface area contributed by atoms with E-state index in [1.165, 1.54) is 38.3 Å². The van der Waals surface area contributed by atoms with Crippen LogP contribution in [0.3, 0.4) is 0 Å². The molecule has 0 saturated carbocycles. The van der Waals surface area contributed by atoms with Gasteiger partial charge >= 0.3 is 242 Å². The summed E-state index contributed by atoms with van der Waals surface area (Å²) in [5.41, 5.74) is 8.51. The standard InChI is InChI=1S/C36H22BIO2/c1-2-10-24(11-3-1)38-30-15-7-4-12-26(30)27-22-23(18-20-31(27)38)25-19-21-34-35-36(25)40-33-17-9-6-14-29(33)37(35)28-13-5-8-16-32(28)39-34/h1-22H. The average molecular weight is 624 g/mol. The van der Waals surface area contributed by atoms with Crippen molar-refractivity contribution in [1.29, 1.82) is 0 Å². The van der Waals surface area contributed by atoms with Gasteiger partial charge in [-0.15, -0.1) is 0 Å². The second kappa shape index (κ2) is 8.61. The number of benzene rings is 6. The molecule has 3 aliphatic heterocycles. The molecule has 6 aromatic rings. The van der Waals surface area contributed by atoms with Gasteiger partial charge in [0.15, 0.2) is 0 Å². The first-order valence-corrected chi connectivity index (χ1v) is 16.8. The van der Waals surface area contributed by atoms with E-state index < -0.39 is 19.8 Å². The summed E-state index contributed by atoms with van der Waals surface area (Å²) in [5, 5.41) is 0. The van der Waals surface area contributed by atoms with Gasteiger partial charge in [0.25, 0.3) is 0 Å². The summed E-state index contributed by atoms with van der Waals surface area (Å²) < 4.78 is 17.7. The van der Waals surface area contributed by atoms with Crippen LogP contribution in [0, 0.1) is 10.7 Å². The zero-order valence-corrected chi connectivity index (χ0v) is 23.6. The van der Waals surface area contributed by atoms with E-state index in [-0.39, 0.29) is 6.71 Å². The maximum atomic E-state index is 6.73. The van der Waals surface area contributed by atoms with E-state index in [0.29, 0.717) is 0 Å². The molecule has 6 aromatic carbocycles. The third-order valence-electron chi connectivity index (χ3n) is 8.14. The zero-order valence-electron chi connectivity index (χ0n) is 21.5. The Morgan fingerprint density at radius 1 is 0.475 bits per heavy atom. The van der Waals surface area contributed by atoms with E-state index in [1.54, 1.807) is 0 Å². The Labute approximate surface area is 240 Å². The van der Waals surface area contributed by atoms with Crippen molar-refractivity contribution in [1.82, 2.24) is 0 Å². The number of ether oxygens (including phenoxy) is 2. The number of halogens is 1. The topological polar surface area (TPSA) is 18.5 Å². The van der Waals surface area contributed by atoms with Crippen LogP contribution in [-0.4, -0.2) is 6.71 Å². The summed E-state index contributed by atoms with van der Waals surface area (Å²) in [7, 11) is 0. The van der Waals surface area contributed by atoms with E-state index in [2.05, 4.69) is 127 Å². The molecule has 188 valence electrons. The van der Waals surface area contributed by atoms with E-state index in [9.17, 15) is 0 Å². The van der Waals surface area contributed by atoms with Crippen molar-refractivity contribution in [2.45, 2.75) is 0 Å². The summed E-state index contributed by atoms with van der Waals surface area (Å²) in [6.45, 7) is 0.0748. The van der Waals surface area contributed by atoms with Crippen molar-refractivity contribution >= 4 is 42.9 Å². The molecule has 0 N–H and O–H groups in total. The van der Waals surface area contributed by atoms with Crippen LogP contribution in [0.5, 0.6) is 23.0 Å². The third kappa shape index (κ3) is 3.17. The van der Waals surface area contributed by atoms with Gasteiger partial charge in [-0.25, -0.2) is 0 Å². The van der Waals surface area contributed by atoms with E-state index in [1.807, 2.05) is 6.07 Å². The average Bonchev–Trinajstić information content (AvgIpc) is 3.35. The first-order valence-electron chi connectivity index (χ1n) is 13.5. The van der Waals surface area contributed by atoms with E-state index in [0.717, 1.165) is 34.0 Å². The third-order valence-corrected chi connectivity index (χ3v) is 14.3. The molecule has 4 heteroatoms. The SMILES string of the molecule is c1ccc(I2c3ccccc3-c3cc(-c4ccc5c6c4Oc4ccccc4B6c4ccccc4O5)ccc32)cc1. The molecule has 40 heavy (non-hydrogen) atoms. The molecule has 0 aromatic heterocycles. The van der Waals surface area contributed by atoms with Crippen molar-refractivity contribution in [2.75, 3.05) is 0 Å². The molecule has 0 saturated heterocycles. The fraction of sp³-hybridized carbons (Fsp3) is 0. The van der Waals surface area contributed by atoms with Crippen LogP contribution in [0.15, 0.2) is 133 Å². The Morgan fingerprint density at radius 2 is 1.15 bits per heavy atom. The molecule has 3 aliphatic rings. The molecule has 0 amide bonds. The van der Waals surface area contributed by atoms with Crippen molar-refractivity contribution < 1.29 is 9.47 Å². The Balaban J connectivity index is 1.25. The normalized spacial score (nSPS) is 14.2. The number of para-hydroxylation sites is 2. The summed E-state index contributed by atoms with van der Waals surface area (Å²) in [6.07, 6.45) is 0. The molecule has 0 atom stereocenters. The predicted octanol–water partition coefficient (Wildman–Crippen LogP) is 7.48. The van der Waals surface area contributed by atoms with Crippen molar-refractivity contribution in [3.05, 3.63) is 144 Å². The van der Waals surface area contributed by atoms with Crippen LogP contribution in [0.2, 0.25) is 0 Å². The van der Waals surface area contributed by atoms with Gasteiger partial charge in [-0.3, -0.25) is 0 Å². The number of hydrogen-bond acceptors (Lipinski definition) is 2. The van der Waals surface area contributed by atoms with Gasteiger partial charge in [-0.05, 0) is 0 Å². The van der Waals surface area contributed by atoms with E-state index >= 15 is 0 Å². The van der Waals surface area contributed by atoms with Gasteiger partial charge in [-0.2, -0.15) is 0 Å². The summed E-state index contributed by atoms with van der Waals surface area (Å²) >= 11 is -1.75. The number of hydrogen-bond donors (Lipinski definition) is 0.